The molecule has 0 aromatic heterocycles. The highest BCUT2D eigenvalue weighted by Gasteiger charge is 2.26. The van der Waals surface area contributed by atoms with E-state index in [-0.39, 0.29) is 5.91 Å². The van der Waals surface area contributed by atoms with Gasteiger partial charge < -0.3 is 10.2 Å². The average molecular weight is 281 g/mol. The molecule has 1 fully saturated rings. The van der Waals surface area contributed by atoms with Crippen LogP contribution in [0.5, 0.6) is 0 Å². The fourth-order valence-corrected chi connectivity index (χ4v) is 2.78. The van der Waals surface area contributed by atoms with E-state index in [1.807, 2.05) is 31.0 Å². The molecule has 1 aliphatic heterocycles. The lowest BCUT2D eigenvalue weighted by atomic mass is 10.0. The highest BCUT2D eigenvalue weighted by atomic mass is 35.5. The zero-order valence-electron chi connectivity index (χ0n) is 11.6. The van der Waals surface area contributed by atoms with Gasteiger partial charge in [-0.2, -0.15) is 0 Å². The maximum absolute atomic E-state index is 12.6. The Labute approximate surface area is 119 Å². The smallest absolute Gasteiger partial charge is 0.254 e. The number of nitrogens with zero attached hydrogens (tertiary/aromatic N) is 1. The van der Waals surface area contributed by atoms with Crippen LogP contribution in [-0.2, 0) is 0 Å². The number of carbonyl (C=O) groups is 1. The Kier molecular flexibility index (Phi) is 4.83. The molecule has 1 N–H and O–H groups in total. The Morgan fingerprint density at radius 1 is 1.47 bits per heavy atom. The molecule has 1 unspecified atom stereocenters. The number of hydrogen-bond donors (Lipinski definition) is 1. The number of piperidine rings is 1. The van der Waals surface area contributed by atoms with Crippen LogP contribution in [-0.4, -0.2) is 37.0 Å². The van der Waals surface area contributed by atoms with E-state index in [2.05, 4.69) is 5.32 Å². The van der Waals surface area contributed by atoms with E-state index >= 15 is 0 Å². The van der Waals surface area contributed by atoms with Crippen LogP contribution in [0.25, 0.3) is 0 Å². The Hall–Kier alpha value is -1.06. The van der Waals surface area contributed by atoms with E-state index in [0.29, 0.717) is 11.1 Å². The first-order chi connectivity index (χ1) is 9.13. The molecule has 0 aliphatic carbocycles. The van der Waals surface area contributed by atoms with Crippen molar-refractivity contribution < 1.29 is 4.79 Å². The molecule has 1 aromatic rings. The summed E-state index contributed by atoms with van der Waals surface area (Å²) in [7, 11) is 1.93. The number of nitrogens with one attached hydrogen (secondary N) is 1. The summed E-state index contributed by atoms with van der Waals surface area (Å²) in [4.78, 5) is 14.6. The molecule has 2 rings (SSSR count). The lowest BCUT2D eigenvalue weighted by molar-refractivity contribution is 0.0615. The molecule has 1 aliphatic rings. The maximum Gasteiger partial charge on any atom is 0.254 e. The van der Waals surface area contributed by atoms with Crippen molar-refractivity contribution in [1.29, 1.82) is 0 Å². The second-order valence-electron chi connectivity index (χ2n) is 5.17. The fraction of sp³-hybridized carbons (Fsp3) is 0.533. The molecule has 0 radical (unpaired) electrons. The van der Waals surface area contributed by atoms with Crippen LogP contribution in [0.4, 0.5) is 0 Å². The zero-order valence-corrected chi connectivity index (χ0v) is 12.3. The van der Waals surface area contributed by atoms with Crippen LogP contribution in [0.1, 0.15) is 35.2 Å². The van der Waals surface area contributed by atoms with Crippen LogP contribution >= 0.6 is 11.6 Å². The quantitative estimate of drug-likeness (QED) is 0.923. The van der Waals surface area contributed by atoms with Crippen molar-refractivity contribution in [1.82, 2.24) is 10.2 Å². The fourth-order valence-electron chi connectivity index (χ4n) is 2.66. The van der Waals surface area contributed by atoms with Crippen molar-refractivity contribution in [2.45, 2.75) is 32.2 Å². The van der Waals surface area contributed by atoms with Crippen molar-refractivity contribution in [2.75, 3.05) is 20.1 Å². The number of rotatable bonds is 3. The van der Waals surface area contributed by atoms with Gasteiger partial charge in [-0.25, -0.2) is 0 Å². The van der Waals surface area contributed by atoms with E-state index in [1.54, 1.807) is 6.07 Å². The molecular formula is C15H21ClN2O. The van der Waals surface area contributed by atoms with E-state index in [1.165, 1.54) is 6.42 Å². The van der Waals surface area contributed by atoms with Crippen molar-refractivity contribution in [3.8, 4) is 0 Å². The molecule has 0 saturated carbocycles. The highest BCUT2D eigenvalue weighted by molar-refractivity contribution is 6.31. The molecule has 19 heavy (non-hydrogen) atoms. The summed E-state index contributed by atoms with van der Waals surface area (Å²) in [5.41, 5.74) is 1.69. The van der Waals surface area contributed by atoms with Crippen molar-refractivity contribution >= 4 is 17.5 Å². The van der Waals surface area contributed by atoms with E-state index in [4.69, 9.17) is 11.6 Å². The molecule has 0 bridgehead atoms. The molecule has 1 saturated heterocycles. The van der Waals surface area contributed by atoms with Gasteiger partial charge in [0.25, 0.3) is 5.91 Å². The largest absolute Gasteiger partial charge is 0.334 e. The summed E-state index contributed by atoms with van der Waals surface area (Å²) in [5.74, 6) is 0.125. The first-order valence-electron chi connectivity index (χ1n) is 6.85. The molecule has 1 heterocycles. The maximum atomic E-state index is 12.6. The lowest BCUT2D eigenvalue weighted by Gasteiger charge is -2.36. The van der Waals surface area contributed by atoms with Crippen molar-refractivity contribution in [3.63, 3.8) is 0 Å². The second kappa shape index (κ2) is 6.40. The molecule has 1 amide bonds. The standard InChI is InChI=1S/C15H21ClN2O/c1-11-9-12(6-7-14(11)16)15(19)18-8-4-3-5-13(18)10-17-2/h6-7,9,13,17H,3-5,8,10H2,1-2H3. The van der Waals surface area contributed by atoms with Crippen LogP contribution in [0.3, 0.4) is 0 Å². The third-order valence-corrected chi connectivity index (χ3v) is 4.16. The summed E-state index contributed by atoms with van der Waals surface area (Å²) in [6.45, 7) is 3.64. The first kappa shape index (κ1) is 14.4. The van der Waals surface area contributed by atoms with Gasteiger partial charge in [-0.1, -0.05) is 11.6 Å². The third kappa shape index (κ3) is 3.28. The topological polar surface area (TPSA) is 32.3 Å². The minimum Gasteiger partial charge on any atom is -0.334 e. The van der Waals surface area contributed by atoms with Gasteiger partial charge in [0, 0.05) is 29.7 Å². The van der Waals surface area contributed by atoms with Gasteiger partial charge in [0.1, 0.15) is 0 Å². The number of hydrogen-bond acceptors (Lipinski definition) is 2. The van der Waals surface area contributed by atoms with Gasteiger partial charge in [-0.15, -0.1) is 0 Å². The molecular weight excluding hydrogens is 260 g/mol. The summed E-state index contributed by atoms with van der Waals surface area (Å²) >= 11 is 6.01. The lowest BCUT2D eigenvalue weighted by Crippen LogP contribution is -2.48. The summed E-state index contributed by atoms with van der Waals surface area (Å²) in [6, 6.07) is 5.82. The van der Waals surface area contributed by atoms with Crippen molar-refractivity contribution in [2.24, 2.45) is 0 Å². The van der Waals surface area contributed by atoms with Crippen LogP contribution in [0, 0.1) is 6.92 Å². The van der Waals surface area contributed by atoms with E-state index in [9.17, 15) is 4.79 Å². The molecule has 104 valence electrons. The molecule has 1 aromatic carbocycles. The van der Waals surface area contributed by atoms with Gasteiger partial charge in [0.05, 0.1) is 0 Å². The Balaban J connectivity index is 2.18. The minimum absolute atomic E-state index is 0.125. The Bertz CT molecular complexity index is 459. The number of carbonyl (C=O) groups excluding carboxylic acids is 1. The minimum atomic E-state index is 0.125. The monoisotopic (exact) mass is 280 g/mol. The molecule has 4 heteroatoms. The van der Waals surface area contributed by atoms with Gasteiger partial charge >= 0.3 is 0 Å². The number of halogens is 1. The van der Waals surface area contributed by atoms with Crippen LogP contribution in [0.15, 0.2) is 18.2 Å². The number of likely N-dealkylation sites (N-methyl/N-ethyl adjacent to an activating group) is 1. The predicted molar refractivity (Wildman–Crippen MR) is 78.8 cm³/mol. The van der Waals surface area contributed by atoms with Crippen LogP contribution in [0.2, 0.25) is 5.02 Å². The molecule has 1 atom stereocenters. The Morgan fingerprint density at radius 3 is 2.95 bits per heavy atom. The highest BCUT2D eigenvalue weighted by Crippen LogP contribution is 2.22. The summed E-state index contributed by atoms with van der Waals surface area (Å²) < 4.78 is 0. The van der Waals surface area contributed by atoms with Gasteiger partial charge in [-0.3, -0.25) is 4.79 Å². The number of amides is 1. The van der Waals surface area contributed by atoms with Crippen LogP contribution < -0.4 is 5.32 Å². The summed E-state index contributed by atoms with van der Waals surface area (Å²) in [5, 5.41) is 3.89. The van der Waals surface area contributed by atoms with E-state index in [0.717, 1.165) is 37.1 Å². The Morgan fingerprint density at radius 2 is 2.26 bits per heavy atom. The molecule has 0 spiro atoms. The normalized spacial score (nSPS) is 19.5. The predicted octanol–water partition coefficient (Wildman–Crippen LogP) is 2.86. The number of benzene rings is 1. The zero-order chi connectivity index (χ0) is 13.8. The van der Waals surface area contributed by atoms with Gasteiger partial charge in [0.2, 0.25) is 0 Å². The summed E-state index contributed by atoms with van der Waals surface area (Å²) in [6.07, 6.45) is 3.38. The van der Waals surface area contributed by atoms with Gasteiger partial charge in [0.15, 0.2) is 0 Å². The van der Waals surface area contributed by atoms with E-state index < -0.39 is 0 Å². The molecule has 3 nitrogen and oxygen atoms in total. The van der Waals surface area contributed by atoms with Crippen molar-refractivity contribution in [3.05, 3.63) is 34.3 Å². The average Bonchev–Trinajstić information content (AvgIpc) is 2.42. The number of likely N-dealkylation sites (tertiary alicyclic amines) is 1. The van der Waals surface area contributed by atoms with Gasteiger partial charge in [-0.05, 0) is 57.0 Å². The third-order valence-electron chi connectivity index (χ3n) is 3.73. The second-order valence-corrected chi connectivity index (χ2v) is 5.58. The number of aryl methyl sites for hydroxylation is 1. The first-order valence-corrected chi connectivity index (χ1v) is 7.23. The SMILES string of the molecule is CNCC1CCCCN1C(=O)c1ccc(Cl)c(C)c1.